The van der Waals surface area contributed by atoms with Gasteiger partial charge in [-0.05, 0) is 210 Å². The summed E-state index contributed by atoms with van der Waals surface area (Å²) in [5.41, 5.74) is -1.90. The molecule has 0 aromatic carbocycles. The van der Waals surface area contributed by atoms with Crippen LogP contribution in [0.15, 0.2) is 0 Å². The van der Waals surface area contributed by atoms with Gasteiger partial charge in [-0.1, -0.05) is 67.2 Å². The highest BCUT2D eigenvalue weighted by molar-refractivity contribution is 7.99. The molecule has 12 heteroatoms. The Morgan fingerprint density at radius 2 is 0.819 bits per heavy atom. The first-order valence-corrected chi connectivity index (χ1v) is 30.1. The first kappa shape index (κ1) is 64.7. The Hall–Kier alpha value is -1.57. The number of Topliss-reactive ketones (excluding diaryl/α,β-unsaturated/α-hetero) is 2. The van der Waals surface area contributed by atoms with Crippen molar-refractivity contribution in [2.24, 2.45) is 32.5 Å². The summed E-state index contributed by atoms with van der Waals surface area (Å²) in [6, 6.07) is 0. The van der Waals surface area contributed by atoms with E-state index in [0.29, 0.717) is 18.2 Å². The summed E-state index contributed by atoms with van der Waals surface area (Å²) in [5, 5.41) is 0. The van der Waals surface area contributed by atoms with E-state index in [9.17, 15) is 19.2 Å². The van der Waals surface area contributed by atoms with Crippen LogP contribution in [0.2, 0.25) is 0 Å². The normalized spacial score (nSPS) is 22.3. The van der Waals surface area contributed by atoms with Crippen LogP contribution in [-0.4, -0.2) is 158 Å². The molecule has 11 nitrogen and oxygen atoms in total. The maximum Gasteiger partial charge on any atom is 0.311 e. The van der Waals surface area contributed by atoms with Gasteiger partial charge >= 0.3 is 11.9 Å². The van der Waals surface area contributed by atoms with Crippen LogP contribution in [0.1, 0.15) is 214 Å². The second-order valence-corrected chi connectivity index (χ2v) is 29.3. The molecule has 6 fully saturated rings. The number of carbonyl (C=O) groups is 4. The summed E-state index contributed by atoms with van der Waals surface area (Å²) < 4.78 is 16.6. The second kappa shape index (κ2) is 28.7. The van der Waals surface area contributed by atoms with Crippen LogP contribution >= 0.6 is 11.8 Å². The summed E-state index contributed by atoms with van der Waals surface area (Å²) >= 11 is 2.02. The van der Waals surface area contributed by atoms with Gasteiger partial charge in [0, 0.05) is 60.0 Å². The first-order valence-electron chi connectivity index (χ1n) is 28.9. The van der Waals surface area contributed by atoms with E-state index in [1.807, 2.05) is 67.2 Å². The molecule has 6 aliphatic rings. The highest BCUT2D eigenvalue weighted by atomic mass is 32.2. The number of carbonyl (C=O) groups excluding carboxylic acids is 4. The van der Waals surface area contributed by atoms with Crippen LogP contribution in [0.4, 0.5) is 0 Å². The van der Waals surface area contributed by atoms with Gasteiger partial charge in [-0.15, -0.1) is 0 Å². The number of likely N-dealkylation sites (tertiary alicyclic amines) is 4. The monoisotopic (exact) mass is 1030 g/mol. The van der Waals surface area contributed by atoms with E-state index in [-0.39, 0.29) is 44.7 Å². The molecule has 420 valence electrons. The van der Waals surface area contributed by atoms with Crippen molar-refractivity contribution in [1.82, 2.24) is 19.6 Å². The molecule has 6 rings (SSSR count). The summed E-state index contributed by atoms with van der Waals surface area (Å²) in [5.74, 6) is 3.05. The second-order valence-electron chi connectivity index (χ2n) is 28.0. The van der Waals surface area contributed by atoms with Crippen molar-refractivity contribution in [3.8, 4) is 0 Å². The lowest BCUT2D eigenvalue weighted by atomic mass is 9.67. The van der Waals surface area contributed by atoms with Crippen LogP contribution < -0.4 is 0 Å². The van der Waals surface area contributed by atoms with E-state index < -0.39 is 10.8 Å². The Kier molecular flexibility index (Phi) is 25.8. The Bertz CT molecular complexity index is 1550. The Morgan fingerprint density at radius 1 is 0.458 bits per heavy atom. The molecule has 0 unspecified atom stereocenters. The van der Waals surface area contributed by atoms with E-state index in [1.54, 1.807) is 0 Å². The van der Waals surface area contributed by atoms with Crippen molar-refractivity contribution in [2.75, 3.05) is 103 Å². The molecule has 6 aliphatic heterocycles. The van der Waals surface area contributed by atoms with Gasteiger partial charge in [-0.25, -0.2) is 0 Å². The van der Waals surface area contributed by atoms with E-state index in [4.69, 9.17) is 14.2 Å². The van der Waals surface area contributed by atoms with Gasteiger partial charge in [0.05, 0.1) is 10.8 Å². The van der Waals surface area contributed by atoms with Gasteiger partial charge < -0.3 is 24.0 Å². The highest BCUT2D eigenvalue weighted by Crippen LogP contribution is 2.43. The fourth-order valence-electron chi connectivity index (χ4n) is 11.3. The van der Waals surface area contributed by atoms with Crippen LogP contribution in [-0.2, 0) is 33.4 Å². The average Bonchev–Trinajstić information content (AvgIpc) is 3.31. The minimum absolute atomic E-state index is 0.0403. The number of thioether (sulfide) groups is 1. The van der Waals surface area contributed by atoms with Gasteiger partial charge in [0.2, 0.25) is 0 Å². The number of hydrogen-bond acceptors (Lipinski definition) is 12. The third kappa shape index (κ3) is 22.2. The Morgan fingerprint density at radius 3 is 1.19 bits per heavy atom. The highest BCUT2D eigenvalue weighted by Gasteiger charge is 2.47. The van der Waals surface area contributed by atoms with E-state index in [2.05, 4.69) is 75.0 Å². The van der Waals surface area contributed by atoms with Crippen LogP contribution in [0.25, 0.3) is 0 Å². The zero-order chi connectivity index (χ0) is 54.1. The SMILES string of the molecule is CC(C)(C)C(=O)C1(CN2CCCCC2)CCOCC1.CC(C)(C)C(=O)C1(CN2CCCCC2)CCSCC1.CC(C)(C)C(=O)OCC(C)(C)N1CCCCC1.CC(C)(CN1CCCCC1)OC(=O)C(C)(C)C. The first-order chi connectivity index (χ1) is 33.3. The molecule has 0 saturated carbocycles. The van der Waals surface area contributed by atoms with Crippen LogP contribution in [0.5, 0.6) is 0 Å². The van der Waals surface area contributed by atoms with E-state index in [0.717, 1.165) is 96.2 Å². The average molecular weight is 1030 g/mol. The zero-order valence-electron chi connectivity index (χ0n) is 49.7. The largest absolute Gasteiger partial charge is 0.463 e. The fourth-order valence-corrected chi connectivity index (χ4v) is 12.5. The van der Waals surface area contributed by atoms with Gasteiger partial charge in [0.25, 0.3) is 0 Å². The smallest absolute Gasteiger partial charge is 0.311 e. The number of rotatable bonds is 12. The van der Waals surface area contributed by atoms with Crippen molar-refractivity contribution in [3.05, 3.63) is 0 Å². The molecule has 0 aromatic rings. The lowest BCUT2D eigenvalue weighted by molar-refractivity contribution is -0.168. The number of piperidine rings is 4. The molecule has 0 aliphatic carbocycles. The summed E-state index contributed by atoms with van der Waals surface area (Å²) in [7, 11) is 0. The molecule has 0 radical (unpaired) electrons. The molecule has 6 heterocycles. The molecule has 0 spiro atoms. The molecule has 0 aromatic heterocycles. The number of nitrogens with zero attached hydrogens (tertiary/aromatic N) is 4. The fraction of sp³-hybridized carbons (Fsp3) is 0.933. The lowest BCUT2D eigenvalue weighted by Gasteiger charge is -2.43. The lowest BCUT2D eigenvalue weighted by Crippen LogP contribution is -2.51. The van der Waals surface area contributed by atoms with Crippen molar-refractivity contribution in [3.63, 3.8) is 0 Å². The summed E-state index contributed by atoms with van der Waals surface area (Å²) in [6.45, 7) is 46.2. The minimum Gasteiger partial charge on any atom is -0.463 e. The van der Waals surface area contributed by atoms with Crippen molar-refractivity contribution >= 4 is 35.3 Å². The predicted octanol–water partition coefficient (Wildman–Crippen LogP) is 12.2. The third-order valence-electron chi connectivity index (χ3n) is 15.6. The van der Waals surface area contributed by atoms with E-state index >= 15 is 0 Å². The number of ether oxygens (including phenoxy) is 3. The number of esters is 2. The van der Waals surface area contributed by atoms with Gasteiger partial charge in [-0.2, -0.15) is 11.8 Å². The minimum atomic E-state index is -0.417. The molecule has 72 heavy (non-hydrogen) atoms. The maximum atomic E-state index is 13.0. The van der Waals surface area contributed by atoms with Crippen molar-refractivity contribution in [2.45, 2.75) is 225 Å². The molecule has 6 saturated heterocycles. The zero-order valence-corrected chi connectivity index (χ0v) is 50.5. The summed E-state index contributed by atoms with van der Waals surface area (Å²) in [6.07, 6.45) is 19.6. The van der Waals surface area contributed by atoms with Gasteiger partial charge in [0.1, 0.15) is 23.8 Å². The molecule has 0 amide bonds. The van der Waals surface area contributed by atoms with Gasteiger partial charge in [-0.3, -0.25) is 29.0 Å². The molecule has 0 bridgehead atoms. The molecule has 0 atom stereocenters. The number of ketones is 2. The quantitative estimate of drug-likeness (QED) is 0.174. The third-order valence-corrected chi connectivity index (χ3v) is 16.6. The maximum absolute atomic E-state index is 13.0. The standard InChI is InChI=1S/C16H29NO2.C16H29NOS.2C14H27NO2/c2*1-15(2,3)14(18)16(7-11-19-12-8-16)13-17-9-5-4-6-10-17;1-13(2,3)12(16)17-11-14(4,5)15-9-7-6-8-10-15;1-13(2,3)12(16)17-14(4,5)11-15-9-7-6-8-10-15/h2*4-13H2,1-3H3;2*6-11H2,1-5H3. The predicted molar refractivity (Wildman–Crippen MR) is 301 cm³/mol. The molecule has 0 N–H and O–H groups in total. The van der Waals surface area contributed by atoms with Crippen molar-refractivity contribution < 1.29 is 33.4 Å². The van der Waals surface area contributed by atoms with Crippen LogP contribution in [0.3, 0.4) is 0 Å². The Labute approximate surface area is 446 Å². The molecular weight excluding hydrogens is 921 g/mol. The van der Waals surface area contributed by atoms with E-state index in [1.165, 1.54) is 103 Å². The van der Waals surface area contributed by atoms with Crippen molar-refractivity contribution in [1.29, 1.82) is 0 Å². The summed E-state index contributed by atoms with van der Waals surface area (Å²) in [4.78, 5) is 59.5. The van der Waals surface area contributed by atoms with Crippen LogP contribution in [0, 0.1) is 32.5 Å². The topological polar surface area (TPSA) is 109 Å². The Balaban J connectivity index is 0.000000254. The molecular formula is C60H112N4O7S. The van der Waals surface area contributed by atoms with Gasteiger partial charge in [0.15, 0.2) is 0 Å². The number of hydrogen-bond donors (Lipinski definition) is 0.